The Morgan fingerprint density at radius 2 is 0.812 bits per heavy atom. The van der Waals surface area contributed by atoms with Gasteiger partial charge in [0.15, 0.2) is 0 Å². The third-order valence-corrected chi connectivity index (χ3v) is 6.61. The van der Waals surface area contributed by atoms with Crippen LogP contribution >= 0.6 is 15.9 Å². The van der Waals surface area contributed by atoms with Gasteiger partial charge >= 0.3 is 0 Å². The number of para-hydroxylation sites is 1. The van der Waals surface area contributed by atoms with Crippen molar-refractivity contribution in [2.75, 3.05) is 4.90 Å². The number of nitrogens with zero attached hydrogens (tertiary/aromatic N) is 1. The minimum Gasteiger partial charge on any atom is -0.310 e. The van der Waals surface area contributed by atoms with Gasteiger partial charge in [0.25, 0.3) is 0 Å². The standard InChI is InChI=1S/C30H20BrN/c31-21-14-16-23(17-15-21)32(22-8-2-1-3-9-22)24-18-19-29-27-12-5-4-10-25(27)26-11-6-7-13-28(26)30(29)20-24/h1-20H. The molecule has 0 aliphatic heterocycles. The summed E-state index contributed by atoms with van der Waals surface area (Å²) in [6.07, 6.45) is 0. The molecule has 0 bridgehead atoms. The molecule has 0 N–H and O–H groups in total. The molecular weight excluding hydrogens is 454 g/mol. The molecule has 0 aromatic heterocycles. The largest absolute Gasteiger partial charge is 0.310 e. The number of hydrogen-bond donors (Lipinski definition) is 0. The van der Waals surface area contributed by atoms with Gasteiger partial charge in [-0.05, 0) is 80.8 Å². The van der Waals surface area contributed by atoms with Crippen molar-refractivity contribution in [2.24, 2.45) is 0 Å². The number of anilines is 3. The van der Waals surface area contributed by atoms with Crippen molar-refractivity contribution >= 4 is 65.3 Å². The first kappa shape index (κ1) is 19.1. The van der Waals surface area contributed by atoms with E-state index in [9.17, 15) is 0 Å². The van der Waals surface area contributed by atoms with E-state index in [-0.39, 0.29) is 0 Å². The molecule has 0 unspecified atom stereocenters. The molecular formula is C30H20BrN. The van der Waals surface area contributed by atoms with Crippen molar-refractivity contribution in [3.05, 3.63) is 126 Å². The number of halogens is 1. The molecule has 6 aromatic carbocycles. The van der Waals surface area contributed by atoms with E-state index < -0.39 is 0 Å². The SMILES string of the molecule is Brc1ccc(N(c2ccccc2)c2ccc3c4ccccc4c4ccccc4c3c2)cc1. The first-order valence-corrected chi connectivity index (χ1v) is 11.5. The highest BCUT2D eigenvalue weighted by Gasteiger charge is 2.15. The van der Waals surface area contributed by atoms with Crippen LogP contribution in [-0.2, 0) is 0 Å². The van der Waals surface area contributed by atoms with Crippen LogP contribution in [0.15, 0.2) is 126 Å². The van der Waals surface area contributed by atoms with Crippen LogP contribution in [0.3, 0.4) is 0 Å². The highest BCUT2D eigenvalue weighted by atomic mass is 79.9. The normalized spacial score (nSPS) is 11.3. The van der Waals surface area contributed by atoms with Crippen molar-refractivity contribution in [3.63, 3.8) is 0 Å². The average molecular weight is 474 g/mol. The summed E-state index contributed by atoms with van der Waals surface area (Å²) >= 11 is 3.57. The van der Waals surface area contributed by atoms with Crippen molar-refractivity contribution in [2.45, 2.75) is 0 Å². The predicted octanol–water partition coefficient (Wildman–Crippen LogP) is 9.38. The Labute approximate surface area is 195 Å². The summed E-state index contributed by atoms with van der Waals surface area (Å²) in [5.41, 5.74) is 3.41. The lowest BCUT2D eigenvalue weighted by atomic mass is 9.94. The first-order valence-electron chi connectivity index (χ1n) is 10.7. The number of fused-ring (bicyclic) bond motifs is 6. The van der Waals surface area contributed by atoms with Gasteiger partial charge in [0, 0.05) is 21.5 Å². The Kier molecular flexibility index (Phi) is 4.66. The second-order valence-electron chi connectivity index (χ2n) is 7.97. The fourth-order valence-electron chi connectivity index (χ4n) is 4.65. The van der Waals surface area contributed by atoms with Gasteiger partial charge in [-0.15, -0.1) is 0 Å². The topological polar surface area (TPSA) is 3.24 Å². The van der Waals surface area contributed by atoms with Crippen molar-refractivity contribution in [1.29, 1.82) is 0 Å². The molecule has 0 fully saturated rings. The van der Waals surface area contributed by atoms with Gasteiger partial charge in [-0.25, -0.2) is 0 Å². The van der Waals surface area contributed by atoms with Crippen LogP contribution in [0.25, 0.3) is 32.3 Å². The van der Waals surface area contributed by atoms with Gasteiger partial charge in [0.1, 0.15) is 0 Å². The maximum Gasteiger partial charge on any atom is 0.0468 e. The lowest BCUT2D eigenvalue weighted by Crippen LogP contribution is -2.09. The molecule has 32 heavy (non-hydrogen) atoms. The molecule has 0 heterocycles. The van der Waals surface area contributed by atoms with Crippen LogP contribution in [0.1, 0.15) is 0 Å². The Bertz CT molecular complexity index is 1530. The van der Waals surface area contributed by atoms with Gasteiger partial charge in [-0.1, -0.05) is 88.7 Å². The van der Waals surface area contributed by atoms with Gasteiger partial charge in [0.2, 0.25) is 0 Å². The summed E-state index contributed by atoms with van der Waals surface area (Å²) in [5, 5.41) is 7.73. The van der Waals surface area contributed by atoms with E-state index in [0.717, 1.165) is 21.5 Å². The number of hydrogen-bond acceptors (Lipinski definition) is 1. The minimum absolute atomic E-state index is 1.07. The van der Waals surface area contributed by atoms with E-state index >= 15 is 0 Å². The van der Waals surface area contributed by atoms with E-state index in [1.165, 1.54) is 32.3 Å². The Morgan fingerprint density at radius 3 is 1.41 bits per heavy atom. The van der Waals surface area contributed by atoms with Gasteiger partial charge in [-0.2, -0.15) is 0 Å². The molecule has 0 amide bonds. The highest BCUT2D eigenvalue weighted by molar-refractivity contribution is 9.10. The third kappa shape index (κ3) is 3.16. The molecule has 1 nitrogen and oxygen atoms in total. The predicted molar refractivity (Wildman–Crippen MR) is 141 cm³/mol. The molecule has 2 heteroatoms. The third-order valence-electron chi connectivity index (χ3n) is 6.09. The van der Waals surface area contributed by atoms with E-state index in [0.29, 0.717) is 0 Å². The highest BCUT2D eigenvalue weighted by Crippen LogP contribution is 2.40. The molecule has 0 aliphatic carbocycles. The second kappa shape index (κ2) is 7.81. The van der Waals surface area contributed by atoms with Crippen LogP contribution in [0.5, 0.6) is 0 Å². The van der Waals surface area contributed by atoms with Gasteiger partial charge < -0.3 is 4.90 Å². The summed E-state index contributed by atoms with van der Waals surface area (Å²) in [6.45, 7) is 0. The summed E-state index contributed by atoms with van der Waals surface area (Å²) in [4.78, 5) is 2.32. The zero-order valence-corrected chi connectivity index (χ0v) is 19.0. The summed E-state index contributed by atoms with van der Waals surface area (Å²) in [5.74, 6) is 0. The van der Waals surface area contributed by atoms with E-state index in [2.05, 4.69) is 142 Å². The Morgan fingerprint density at radius 1 is 0.375 bits per heavy atom. The molecule has 0 atom stereocenters. The minimum atomic E-state index is 1.07. The van der Waals surface area contributed by atoms with E-state index in [1.807, 2.05) is 0 Å². The summed E-state index contributed by atoms with van der Waals surface area (Å²) < 4.78 is 1.07. The maximum atomic E-state index is 3.57. The molecule has 0 aliphatic rings. The van der Waals surface area contributed by atoms with Gasteiger partial charge in [-0.3, -0.25) is 0 Å². The zero-order valence-electron chi connectivity index (χ0n) is 17.4. The van der Waals surface area contributed by atoms with Crippen LogP contribution in [-0.4, -0.2) is 0 Å². The second-order valence-corrected chi connectivity index (χ2v) is 8.88. The van der Waals surface area contributed by atoms with Crippen molar-refractivity contribution in [1.82, 2.24) is 0 Å². The smallest absolute Gasteiger partial charge is 0.0468 e. The molecule has 6 aromatic rings. The first-order chi connectivity index (χ1) is 15.8. The number of rotatable bonds is 3. The Balaban J connectivity index is 1.66. The fraction of sp³-hybridized carbons (Fsp3) is 0. The average Bonchev–Trinajstić information content (AvgIpc) is 2.86. The maximum absolute atomic E-state index is 3.57. The molecule has 0 radical (unpaired) electrons. The quantitative estimate of drug-likeness (QED) is 0.231. The molecule has 152 valence electrons. The van der Waals surface area contributed by atoms with Crippen molar-refractivity contribution in [3.8, 4) is 0 Å². The van der Waals surface area contributed by atoms with Crippen LogP contribution in [0.2, 0.25) is 0 Å². The number of benzene rings is 6. The van der Waals surface area contributed by atoms with Crippen LogP contribution < -0.4 is 4.90 Å². The summed E-state index contributed by atoms with van der Waals surface area (Å²) in [6, 6.07) is 43.3. The monoisotopic (exact) mass is 473 g/mol. The van der Waals surface area contributed by atoms with E-state index in [1.54, 1.807) is 0 Å². The van der Waals surface area contributed by atoms with E-state index in [4.69, 9.17) is 0 Å². The molecule has 6 rings (SSSR count). The zero-order chi connectivity index (χ0) is 21.5. The molecule has 0 spiro atoms. The molecule has 0 saturated heterocycles. The van der Waals surface area contributed by atoms with Gasteiger partial charge in [0.05, 0.1) is 0 Å². The van der Waals surface area contributed by atoms with Crippen LogP contribution in [0.4, 0.5) is 17.1 Å². The summed E-state index contributed by atoms with van der Waals surface area (Å²) in [7, 11) is 0. The van der Waals surface area contributed by atoms with Crippen molar-refractivity contribution < 1.29 is 0 Å². The Hall–Kier alpha value is -3.62. The lowest BCUT2D eigenvalue weighted by molar-refractivity contribution is 1.29. The fourth-order valence-corrected chi connectivity index (χ4v) is 4.91. The lowest BCUT2D eigenvalue weighted by Gasteiger charge is -2.26. The van der Waals surface area contributed by atoms with Crippen LogP contribution in [0, 0.1) is 0 Å². The molecule has 0 saturated carbocycles.